The monoisotopic (exact) mass is 454 g/mol. The van der Waals surface area contributed by atoms with Gasteiger partial charge in [-0.15, -0.1) is 6.58 Å². The van der Waals surface area contributed by atoms with Crippen LogP contribution in [0.5, 0.6) is 0 Å². The van der Waals surface area contributed by atoms with Gasteiger partial charge in [0.1, 0.15) is 15.8 Å². The minimum Gasteiger partial charge on any atom is -0.367 e. The van der Waals surface area contributed by atoms with Gasteiger partial charge in [-0.25, -0.2) is 4.98 Å². The molecule has 2 fully saturated rings. The largest absolute Gasteiger partial charge is 0.367 e. The van der Waals surface area contributed by atoms with E-state index < -0.39 is 0 Å². The van der Waals surface area contributed by atoms with Gasteiger partial charge < -0.3 is 5.32 Å². The second kappa shape index (κ2) is 8.96. The smallest absolute Gasteiger partial charge is 0.267 e. The first-order valence-corrected chi connectivity index (χ1v) is 11.8. The SMILES string of the molecule is C=CCN1C(=O)C(=Cc2c(NC3CCC(C)CC3)nc3ccc(C)cn3c2=O)SC1=S. The Morgan fingerprint density at radius 3 is 2.74 bits per heavy atom. The topological polar surface area (TPSA) is 66.7 Å². The van der Waals surface area contributed by atoms with Crippen molar-refractivity contribution in [2.24, 2.45) is 5.92 Å². The maximum Gasteiger partial charge on any atom is 0.267 e. The molecule has 1 aliphatic heterocycles. The number of nitrogens with zero attached hydrogens (tertiary/aromatic N) is 3. The minimum absolute atomic E-state index is 0.200. The van der Waals surface area contributed by atoms with E-state index >= 15 is 0 Å². The van der Waals surface area contributed by atoms with Crippen molar-refractivity contribution in [2.75, 3.05) is 11.9 Å². The molecule has 2 aromatic rings. The molecule has 0 bridgehead atoms. The van der Waals surface area contributed by atoms with Gasteiger partial charge in [-0.3, -0.25) is 18.9 Å². The number of amides is 1. The number of carbonyl (C=O) groups is 1. The van der Waals surface area contributed by atoms with Crippen LogP contribution in [0, 0.1) is 12.8 Å². The second-order valence-electron chi connectivity index (χ2n) is 8.30. The number of aryl methyl sites for hydroxylation is 1. The number of rotatable bonds is 5. The summed E-state index contributed by atoms with van der Waals surface area (Å²) in [6, 6.07) is 4.05. The molecule has 0 unspecified atom stereocenters. The van der Waals surface area contributed by atoms with Crippen LogP contribution < -0.4 is 10.9 Å². The number of thiocarbonyl (C=S) groups is 1. The highest BCUT2D eigenvalue weighted by atomic mass is 32.2. The van der Waals surface area contributed by atoms with Crippen LogP contribution in [0.2, 0.25) is 0 Å². The zero-order valence-corrected chi connectivity index (χ0v) is 19.4. The van der Waals surface area contributed by atoms with Gasteiger partial charge in [-0.05, 0) is 56.2 Å². The first-order valence-electron chi connectivity index (χ1n) is 10.5. The molecule has 0 radical (unpaired) electrons. The minimum atomic E-state index is -0.207. The van der Waals surface area contributed by atoms with Gasteiger partial charge in [0.05, 0.1) is 10.5 Å². The van der Waals surface area contributed by atoms with E-state index in [1.165, 1.54) is 16.7 Å². The van der Waals surface area contributed by atoms with Crippen LogP contribution in [0.15, 0.2) is 40.7 Å². The van der Waals surface area contributed by atoms with Crippen LogP contribution in [0.3, 0.4) is 0 Å². The van der Waals surface area contributed by atoms with E-state index in [1.54, 1.807) is 22.7 Å². The molecule has 0 atom stereocenters. The van der Waals surface area contributed by atoms with Crippen LogP contribution in [-0.4, -0.2) is 37.1 Å². The summed E-state index contributed by atoms with van der Waals surface area (Å²) in [6.07, 6.45) is 9.43. The molecule has 1 saturated heterocycles. The Morgan fingerprint density at radius 1 is 1.29 bits per heavy atom. The van der Waals surface area contributed by atoms with Crippen molar-refractivity contribution >= 4 is 51.7 Å². The number of thioether (sulfide) groups is 1. The van der Waals surface area contributed by atoms with Crippen LogP contribution >= 0.6 is 24.0 Å². The van der Waals surface area contributed by atoms with Crippen molar-refractivity contribution in [3.63, 3.8) is 0 Å². The van der Waals surface area contributed by atoms with E-state index in [2.05, 4.69) is 18.8 Å². The lowest BCUT2D eigenvalue weighted by atomic mass is 9.87. The van der Waals surface area contributed by atoms with Crippen molar-refractivity contribution in [1.29, 1.82) is 0 Å². The third-order valence-electron chi connectivity index (χ3n) is 5.82. The third-order valence-corrected chi connectivity index (χ3v) is 7.20. The molecule has 0 aromatic carbocycles. The average molecular weight is 455 g/mol. The number of anilines is 1. The van der Waals surface area contributed by atoms with E-state index in [0.29, 0.717) is 32.8 Å². The highest BCUT2D eigenvalue weighted by Crippen LogP contribution is 2.33. The molecule has 31 heavy (non-hydrogen) atoms. The molecule has 1 N–H and O–H groups in total. The van der Waals surface area contributed by atoms with Crippen LogP contribution in [0.1, 0.15) is 43.7 Å². The Bertz CT molecular complexity index is 1150. The van der Waals surface area contributed by atoms with Crippen LogP contribution in [-0.2, 0) is 4.79 Å². The first kappa shape index (κ1) is 21.8. The molecule has 2 aliphatic rings. The second-order valence-corrected chi connectivity index (χ2v) is 9.97. The first-order chi connectivity index (χ1) is 14.9. The van der Waals surface area contributed by atoms with E-state index in [0.717, 1.165) is 37.2 Å². The Kier molecular flexibility index (Phi) is 6.29. The number of hydrogen-bond acceptors (Lipinski definition) is 6. The summed E-state index contributed by atoms with van der Waals surface area (Å²) in [7, 11) is 0. The highest BCUT2D eigenvalue weighted by Gasteiger charge is 2.32. The summed E-state index contributed by atoms with van der Waals surface area (Å²) in [5.74, 6) is 1.05. The van der Waals surface area contributed by atoms with Gasteiger partial charge in [-0.2, -0.15) is 0 Å². The standard InChI is InChI=1S/C23H26N4O2S2/c1-4-11-26-22(29)18(31-23(26)30)12-17-20(24-16-8-5-14(2)6-9-16)25-19-10-7-15(3)13-27(19)21(17)28/h4,7,10,12-14,16,24H,1,5-6,8-9,11H2,2-3H3. The summed E-state index contributed by atoms with van der Waals surface area (Å²) in [5, 5.41) is 3.50. The molecule has 8 heteroatoms. The van der Waals surface area contributed by atoms with Crippen molar-refractivity contribution in [3.05, 3.63) is 57.4 Å². The van der Waals surface area contributed by atoms with E-state index in [9.17, 15) is 9.59 Å². The van der Waals surface area contributed by atoms with Gasteiger partial charge >= 0.3 is 0 Å². The summed E-state index contributed by atoms with van der Waals surface area (Å²) in [6.45, 7) is 8.24. The lowest BCUT2D eigenvalue weighted by Crippen LogP contribution is -2.29. The zero-order chi connectivity index (χ0) is 22.1. The third kappa shape index (κ3) is 4.45. The van der Waals surface area contributed by atoms with Crippen molar-refractivity contribution < 1.29 is 4.79 Å². The molecule has 3 heterocycles. The van der Waals surface area contributed by atoms with E-state index in [-0.39, 0.29) is 17.5 Å². The maximum absolute atomic E-state index is 13.4. The zero-order valence-electron chi connectivity index (χ0n) is 17.8. The number of pyridine rings is 1. The molecule has 6 nitrogen and oxygen atoms in total. The fourth-order valence-electron chi connectivity index (χ4n) is 4.01. The number of hydrogen-bond donors (Lipinski definition) is 1. The van der Waals surface area contributed by atoms with E-state index in [1.807, 2.05) is 19.1 Å². The quantitative estimate of drug-likeness (QED) is 0.411. The summed E-state index contributed by atoms with van der Waals surface area (Å²) in [5.41, 5.74) is 1.73. The number of aromatic nitrogens is 2. The highest BCUT2D eigenvalue weighted by molar-refractivity contribution is 8.26. The summed E-state index contributed by atoms with van der Waals surface area (Å²) < 4.78 is 2.01. The Balaban J connectivity index is 1.79. The van der Waals surface area contributed by atoms with Crippen molar-refractivity contribution in [2.45, 2.75) is 45.6 Å². The van der Waals surface area contributed by atoms with Gasteiger partial charge in [0, 0.05) is 18.8 Å². The summed E-state index contributed by atoms with van der Waals surface area (Å²) >= 11 is 6.55. The van der Waals surface area contributed by atoms with Gasteiger partial charge in [0.15, 0.2) is 0 Å². The molecule has 1 amide bonds. The average Bonchev–Trinajstić information content (AvgIpc) is 3.01. The molecular weight excluding hydrogens is 428 g/mol. The van der Waals surface area contributed by atoms with Gasteiger partial charge in [0.25, 0.3) is 11.5 Å². The lowest BCUT2D eigenvalue weighted by Gasteiger charge is -2.27. The normalized spacial score (nSPS) is 23.0. The molecular formula is C23H26N4O2S2. The molecule has 0 spiro atoms. The number of fused-ring (bicyclic) bond motifs is 1. The van der Waals surface area contributed by atoms with Gasteiger partial charge in [-0.1, -0.05) is 43.0 Å². The number of nitrogens with one attached hydrogen (secondary N) is 1. The van der Waals surface area contributed by atoms with Crippen molar-refractivity contribution in [1.82, 2.24) is 14.3 Å². The maximum atomic E-state index is 13.4. The molecule has 162 valence electrons. The Morgan fingerprint density at radius 2 is 2.03 bits per heavy atom. The van der Waals surface area contributed by atoms with Gasteiger partial charge in [0.2, 0.25) is 0 Å². The fourth-order valence-corrected chi connectivity index (χ4v) is 5.27. The lowest BCUT2D eigenvalue weighted by molar-refractivity contribution is -0.121. The van der Waals surface area contributed by atoms with Crippen LogP contribution in [0.25, 0.3) is 11.7 Å². The van der Waals surface area contributed by atoms with E-state index in [4.69, 9.17) is 17.2 Å². The molecule has 1 saturated carbocycles. The van der Waals surface area contributed by atoms with Crippen molar-refractivity contribution in [3.8, 4) is 0 Å². The fraction of sp³-hybridized carbons (Fsp3) is 0.391. The molecule has 4 rings (SSSR count). The van der Waals surface area contributed by atoms with Crippen LogP contribution in [0.4, 0.5) is 5.82 Å². The Labute approximate surface area is 191 Å². The molecule has 1 aliphatic carbocycles. The Hall–Kier alpha value is -2.45. The molecule has 2 aromatic heterocycles. The number of carbonyl (C=O) groups excluding carboxylic acids is 1. The predicted octanol–water partition coefficient (Wildman–Crippen LogP) is 4.38. The summed E-state index contributed by atoms with van der Waals surface area (Å²) in [4.78, 5) is 32.9. The predicted molar refractivity (Wildman–Crippen MR) is 131 cm³/mol.